The van der Waals surface area contributed by atoms with Crippen LogP contribution in [0.3, 0.4) is 0 Å². The second kappa shape index (κ2) is 24.6. The Morgan fingerprint density at radius 2 is 0.600 bits per heavy atom. The van der Waals surface area contributed by atoms with Crippen molar-refractivity contribution in [3.05, 3.63) is 0 Å². The van der Waals surface area contributed by atoms with Crippen molar-refractivity contribution in [1.82, 2.24) is 0 Å². The van der Waals surface area contributed by atoms with Gasteiger partial charge in [0.15, 0.2) is 0 Å². The summed E-state index contributed by atoms with van der Waals surface area (Å²) < 4.78 is 0. The van der Waals surface area contributed by atoms with Crippen LogP contribution in [0.5, 0.6) is 0 Å². The van der Waals surface area contributed by atoms with Crippen LogP contribution in [0.25, 0.3) is 0 Å². The maximum atomic E-state index is 12.1. The van der Waals surface area contributed by atoms with E-state index in [0.717, 1.165) is 70.0 Å². The van der Waals surface area contributed by atoms with Gasteiger partial charge in [0.05, 0.1) is 11.2 Å². The minimum atomic E-state index is -0.925. The number of hydrogen-bond acceptors (Lipinski definition) is 3. The Balaban J connectivity index is 5.13. The lowest BCUT2D eigenvalue weighted by molar-refractivity contribution is -0.171. The average Bonchev–Trinajstić information content (AvgIpc) is 2.85. The molecule has 2 nitrogen and oxygen atoms in total. The van der Waals surface area contributed by atoms with Crippen LogP contribution in [0.4, 0.5) is 0 Å². The molecule has 0 aromatic heterocycles. The Morgan fingerprint density at radius 3 is 0.857 bits per heavy atom. The number of hydrogen-bond donors (Lipinski definition) is 3. The third kappa shape index (κ3) is 18.2. The molecule has 0 bridgehead atoms. The summed E-state index contributed by atoms with van der Waals surface area (Å²) in [6.45, 7) is 6.78. The lowest BCUT2D eigenvalue weighted by atomic mass is 9.70. The van der Waals surface area contributed by atoms with Gasteiger partial charge in [0, 0.05) is 0 Å². The molecule has 1 atom stereocenters. The van der Waals surface area contributed by atoms with Gasteiger partial charge in [0.2, 0.25) is 0 Å². The van der Waals surface area contributed by atoms with E-state index in [2.05, 4.69) is 33.4 Å². The van der Waals surface area contributed by atoms with E-state index >= 15 is 0 Å². The van der Waals surface area contributed by atoms with Crippen molar-refractivity contribution < 1.29 is 10.2 Å². The maximum absolute atomic E-state index is 12.1. The fraction of sp³-hybridized carbons (Fsp3) is 1.00. The van der Waals surface area contributed by atoms with Crippen LogP contribution in [0.15, 0.2) is 0 Å². The second-order valence-corrected chi connectivity index (χ2v) is 12.0. The number of thiol groups is 1. The van der Waals surface area contributed by atoms with Crippen LogP contribution in [0.1, 0.15) is 188 Å². The highest BCUT2D eigenvalue weighted by Crippen LogP contribution is 2.40. The Kier molecular flexibility index (Phi) is 24.8. The second-order valence-electron chi connectivity index (χ2n) is 11.5. The van der Waals surface area contributed by atoms with Gasteiger partial charge in [-0.15, -0.1) is 0 Å². The first-order chi connectivity index (χ1) is 17.0. The molecule has 0 aromatic rings. The quantitative estimate of drug-likeness (QED) is 0.0717. The van der Waals surface area contributed by atoms with Crippen LogP contribution in [-0.4, -0.2) is 27.2 Å². The van der Waals surface area contributed by atoms with Gasteiger partial charge < -0.3 is 10.2 Å². The topological polar surface area (TPSA) is 40.5 Å². The highest BCUT2D eigenvalue weighted by molar-refractivity contribution is 7.80. The molecule has 0 amide bonds. The van der Waals surface area contributed by atoms with Gasteiger partial charge in [0.25, 0.3) is 0 Å². The molecule has 1 unspecified atom stereocenters. The molecule has 0 aliphatic rings. The fourth-order valence-corrected chi connectivity index (χ4v) is 5.88. The van der Waals surface area contributed by atoms with E-state index in [-0.39, 0.29) is 0 Å². The van der Waals surface area contributed by atoms with Gasteiger partial charge in [-0.05, 0) is 37.9 Å². The largest absolute Gasteiger partial charge is 0.387 e. The summed E-state index contributed by atoms with van der Waals surface area (Å²) in [5.41, 5.74) is -1.85. The summed E-state index contributed by atoms with van der Waals surface area (Å²) in [6, 6.07) is 0. The van der Waals surface area contributed by atoms with E-state index in [1.54, 1.807) is 0 Å². The first kappa shape index (κ1) is 35.3. The Morgan fingerprint density at radius 1 is 0.371 bits per heavy atom. The molecular formula is C32H66O2S. The zero-order chi connectivity index (χ0) is 26.1. The van der Waals surface area contributed by atoms with Crippen molar-refractivity contribution in [2.24, 2.45) is 0 Å². The van der Waals surface area contributed by atoms with Crippen molar-refractivity contribution >= 4 is 12.6 Å². The first-order valence-corrected chi connectivity index (χ1v) is 16.7. The minimum absolute atomic E-state index is 0.761. The van der Waals surface area contributed by atoms with Crippen LogP contribution < -0.4 is 0 Å². The molecule has 0 saturated heterocycles. The van der Waals surface area contributed by atoms with Crippen LogP contribution in [0.2, 0.25) is 0 Å². The normalized spacial score (nSPS) is 13.9. The molecule has 0 radical (unpaired) electrons. The van der Waals surface area contributed by atoms with E-state index in [0.29, 0.717) is 0 Å². The molecule has 35 heavy (non-hydrogen) atoms. The Bertz CT molecular complexity index is 412. The summed E-state index contributed by atoms with van der Waals surface area (Å²) in [4.78, 5) is 0. The standard InChI is InChI=1S/C32H66O2S/c1-4-7-10-13-16-21-26-31(33,27-22-17-14-11-8-5-2)32(34,29-24-19-20-25-30-35)28-23-18-15-12-9-6-3/h33-35H,4-30H2,1-3H3. The molecule has 0 aliphatic heterocycles. The van der Waals surface area contributed by atoms with Crippen LogP contribution in [0, 0.1) is 0 Å². The third-order valence-corrected chi connectivity index (χ3v) is 8.51. The third-order valence-electron chi connectivity index (χ3n) is 8.20. The van der Waals surface area contributed by atoms with E-state index in [4.69, 9.17) is 0 Å². The summed E-state index contributed by atoms with van der Waals surface area (Å²) in [5, 5.41) is 24.2. The van der Waals surface area contributed by atoms with Crippen molar-refractivity contribution in [2.45, 2.75) is 199 Å². The molecule has 0 aliphatic carbocycles. The average molecular weight is 515 g/mol. The minimum Gasteiger partial charge on any atom is -0.387 e. The predicted octanol–water partition coefficient (Wildman–Crippen LogP) is 10.6. The van der Waals surface area contributed by atoms with Crippen LogP contribution >= 0.6 is 12.6 Å². The predicted molar refractivity (Wildman–Crippen MR) is 161 cm³/mol. The molecule has 2 N–H and O–H groups in total. The zero-order valence-corrected chi connectivity index (χ0v) is 25.3. The smallest absolute Gasteiger partial charge is 0.0933 e. The Labute approximate surface area is 227 Å². The molecule has 0 fully saturated rings. The number of rotatable bonds is 28. The van der Waals surface area contributed by atoms with E-state index in [1.807, 2.05) is 0 Å². The molecule has 0 aromatic carbocycles. The van der Waals surface area contributed by atoms with Crippen molar-refractivity contribution in [1.29, 1.82) is 0 Å². The summed E-state index contributed by atoms with van der Waals surface area (Å²) in [7, 11) is 0. The highest BCUT2D eigenvalue weighted by Gasteiger charge is 2.47. The van der Waals surface area contributed by atoms with Crippen molar-refractivity contribution in [3.8, 4) is 0 Å². The molecule has 0 saturated carbocycles. The van der Waals surface area contributed by atoms with E-state index in [9.17, 15) is 10.2 Å². The van der Waals surface area contributed by atoms with Gasteiger partial charge >= 0.3 is 0 Å². The van der Waals surface area contributed by atoms with E-state index in [1.165, 1.54) is 103 Å². The summed E-state index contributed by atoms with van der Waals surface area (Å²) in [6.07, 6.45) is 29.8. The van der Waals surface area contributed by atoms with Gasteiger partial charge in [-0.1, -0.05) is 156 Å². The molecular weight excluding hydrogens is 448 g/mol. The summed E-state index contributed by atoms with van der Waals surface area (Å²) in [5.74, 6) is 0.946. The van der Waals surface area contributed by atoms with Gasteiger partial charge in [-0.2, -0.15) is 12.6 Å². The molecule has 0 rings (SSSR count). The fourth-order valence-electron chi connectivity index (χ4n) is 5.66. The SMILES string of the molecule is CCCCCCCCC(O)(CCCCCCS)C(O)(CCCCCCCC)CCCCCCCC. The Hall–Kier alpha value is 0.270. The number of aliphatic hydroxyl groups is 2. The van der Waals surface area contributed by atoms with Crippen molar-refractivity contribution in [3.63, 3.8) is 0 Å². The van der Waals surface area contributed by atoms with Gasteiger partial charge in [0.1, 0.15) is 0 Å². The van der Waals surface area contributed by atoms with Crippen LogP contribution in [-0.2, 0) is 0 Å². The van der Waals surface area contributed by atoms with Gasteiger partial charge in [-0.3, -0.25) is 0 Å². The monoisotopic (exact) mass is 514 g/mol. The van der Waals surface area contributed by atoms with Gasteiger partial charge in [-0.25, -0.2) is 0 Å². The lowest BCUT2D eigenvalue weighted by Crippen LogP contribution is -2.54. The lowest BCUT2D eigenvalue weighted by Gasteiger charge is -2.45. The van der Waals surface area contributed by atoms with E-state index < -0.39 is 11.2 Å². The highest BCUT2D eigenvalue weighted by atomic mass is 32.1. The first-order valence-electron chi connectivity index (χ1n) is 16.0. The molecule has 212 valence electrons. The zero-order valence-electron chi connectivity index (χ0n) is 24.4. The molecule has 0 heterocycles. The molecule has 0 spiro atoms. The summed E-state index contributed by atoms with van der Waals surface area (Å²) >= 11 is 4.35. The molecule has 3 heteroatoms. The number of unbranched alkanes of at least 4 members (excludes halogenated alkanes) is 18. The van der Waals surface area contributed by atoms with Crippen molar-refractivity contribution in [2.75, 3.05) is 5.75 Å². The maximum Gasteiger partial charge on any atom is 0.0933 e.